The van der Waals surface area contributed by atoms with Crippen molar-refractivity contribution < 1.29 is 4.79 Å². The molecule has 0 radical (unpaired) electrons. The van der Waals surface area contributed by atoms with Crippen molar-refractivity contribution in [2.24, 2.45) is 5.92 Å². The number of rotatable bonds is 3. The topological polar surface area (TPSA) is 58.1 Å². The molecule has 2 aliphatic rings. The number of hydrogen-bond acceptors (Lipinski definition) is 4. The molecular formula is C20H24N4O. The van der Waals surface area contributed by atoms with E-state index in [0.29, 0.717) is 18.1 Å². The smallest absolute Gasteiger partial charge is 0.270 e. The number of piperidine rings is 1. The third-order valence-corrected chi connectivity index (χ3v) is 5.25. The number of nitrogens with zero attached hydrogens (tertiary/aromatic N) is 3. The van der Waals surface area contributed by atoms with Crippen LogP contribution in [0.2, 0.25) is 0 Å². The summed E-state index contributed by atoms with van der Waals surface area (Å²) in [4.78, 5) is 23.5. The van der Waals surface area contributed by atoms with Crippen LogP contribution in [0.15, 0.2) is 30.3 Å². The highest BCUT2D eigenvalue weighted by molar-refractivity contribution is 5.96. The highest BCUT2D eigenvalue weighted by Gasteiger charge is 2.28. The van der Waals surface area contributed by atoms with Crippen LogP contribution in [-0.4, -0.2) is 35.5 Å². The molecule has 1 saturated heterocycles. The summed E-state index contributed by atoms with van der Waals surface area (Å²) in [6.07, 6.45) is 4.30. The van der Waals surface area contributed by atoms with E-state index in [1.54, 1.807) is 0 Å². The summed E-state index contributed by atoms with van der Waals surface area (Å²) >= 11 is 0. The van der Waals surface area contributed by atoms with E-state index in [0.717, 1.165) is 43.2 Å². The van der Waals surface area contributed by atoms with Gasteiger partial charge in [-0.05, 0) is 44.1 Å². The number of hydrogen-bond donors (Lipinski definition) is 1. The van der Waals surface area contributed by atoms with Gasteiger partial charge in [0.15, 0.2) is 0 Å². The van der Waals surface area contributed by atoms with Crippen molar-refractivity contribution in [2.75, 3.05) is 24.5 Å². The lowest BCUT2D eigenvalue weighted by Gasteiger charge is -2.35. The molecule has 25 heavy (non-hydrogen) atoms. The Balaban J connectivity index is 1.49. The molecule has 1 aromatic carbocycles. The van der Waals surface area contributed by atoms with Crippen LogP contribution < -0.4 is 10.2 Å². The Morgan fingerprint density at radius 2 is 1.92 bits per heavy atom. The van der Waals surface area contributed by atoms with Gasteiger partial charge in [0.1, 0.15) is 17.3 Å². The summed E-state index contributed by atoms with van der Waals surface area (Å²) in [6, 6.07) is 10.7. The van der Waals surface area contributed by atoms with Gasteiger partial charge >= 0.3 is 0 Å². The van der Waals surface area contributed by atoms with E-state index in [4.69, 9.17) is 0 Å². The summed E-state index contributed by atoms with van der Waals surface area (Å²) in [5.74, 6) is 2.32. The summed E-state index contributed by atoms with van der Waals surface area (Å²) < 4.78 is 0. The third kappa shape index (κ3) is 3.36. The molecule has 0 aliphatic carbocycles. The lowest BCUT2D eigenvalue weighted by molar-refractivity contribution is 0.0940. The zero-order chi connectivity index (χ0) is 17.2. The normalized spacial score (nSPS) is 18.0. The molecule has 5 heteroatoms. The molecule has 0 bridgehead atoms. The second-order valence-electron chi connectivity index (χ2n) is 7.05. The molecule has 3 heterocycles. The van der Waals surface area contributed by atoms with Gasteiger partial charge in [0.2, 0.25) is 0 Å². The van der Waals surface area contributed by atoms with Crippen LogP contribution in [0.5, 0.6) is 0 Å². The molecule has 1 amide bonds. The minimum absolute atomic E-state index is 0.0630. The fourth-order valence-corrected chi connectivity index (χ4v) is 3.94. The largest absolute Gasteiger partial charge is 0.356 e. The number of amides is 1. The highest BCUT2D eigenvalue weighted by atomic mass is 16.1. The maximum atomic E-state index is 12.1. The van der Waals surface area contributed by atoms with E-state index in [1.165, 1.54) is 18.4 Å². The van der Waals surface area contributed by atoms with Crippen molar-refractivity contribution in [3.63, 3.8) is 0 Å². The second-order valence-corrected chi connectivity index (χ2v) is 7.05. The lowest BCUT2D eigenvalue weighted by atomic mass is 9.90. The van der Waals surface area contributed by atoms with Crippen LogP contribution in [-0.2, 0) is 12.8 Å². The van der Waals surface area contributed by atoms with Crippen LogP contribution in [0.3, 0.4) is 0 Å². The van der Waals surface area contributed by atoms with Crippen molar-refractivity contribution in [1.29, 1.82) is 0 Å². The van der Waals surface area contributed by atoms with Crippen molar-refractivity contribution in [1.82, 2.24) is 15.3 Å². The fraction of sp³-hybridized carbons (Fsp3) is 0.450. The molecule has 5 nitrogen and oxygen atoms in total. The van der Waals surface area contributed by atoms with Crippen LogP contribution >= 0.6 is 0 Å². The maximum absolute atomic E-state index is 12.1. The number of fused-ring (bicyclic) bond motifs is 1. The van der Waals surface area contributed by atoms with Gasteiger partial charge < -0.3 is 10.2 Å². The van der Waals surface area contributed by atoms with E-state index in [1.807, 2.05) is 6.92 Å². The molecule has 2 aliphatic heterocycles. The van der Waals surface area contributed by atoms with E-state index in [-0.39, 0.29) is 5.91 Å². The predicted octanol–water partition coefficient (Wildman–Crippen LogP) is 2.53. The average Bonchev–Trinajstić information content (AvgIpc) is 2.64. The summed E-state index contributed by atoms with van der Waals surface area (Å²) in [5, 5.41) is 2.88. The number of carbonyl (C=O) groups is 1. The fourth-order valence-electron chi connectivity index (χ4n) is 3.94. The Morgan fingerprint density at radius 3 is 2.68 bits per heavy atom. The molecule has 0 atom stereocenters. The first-order valence-corrected chi connectivity index (χ1v) is 9.15. The van der Waals surface area contributed by atoms with Gasteiger partial charge in [0, 0.05) is 25.2 Å². The van der Waals surface area contributed by atoms with Crippen LogP contribution in [0, 0.1) is 12.8 Å². The Morgan fingerprint density at radius 1 is 1.16 bits per heavy atom. The van der Waals surface area contributed by atoms with Gasteiger partial charge in [0.05, 0.1) is 0 Å². The van der Waals surface area contributed by atoms with Crippen molar-refractivity contribution in [3.05, 3.63) is 53.0 Å². The van der Waals surface area contributed by atoms with Gasteiger partial charge in [-0.15, -0.1) is 0 Å². The molecule has 4 rings (SSSR count). The molecule has 0 saturated carbocycles. The SMILES string of the molecule is Cc1nc2c(c(N3CCC(Cc4ccccc4)CC3)n1)CCNC2=O. The Bertz CT molecular complexity index is 767. The summed E-state index contributed by atoms with van der Waals surface area (Å²) in [7, 11) is 0. The Labute approximate surface area is 148 Å². The lowest BCUT2D eigenvalue weighted by Crippen LogP contribution is -2.39. The molecular weight excluding hydrogens is 312 g/mol. The minimum atomic E-state index is -0.0630. The van der Waals surface area contributed by atoms with Crippen LogP contribution in [0.1, 0.15) is 40.3 Å². The van der Waals surface area contributed by atoms with Crippen molar-refractivity contribution in [3.8, 4) is 0 Å². The molecule has 2 aromatic rings. The van der Waals surface area contributed by atoms with E-state index >= 15 is 0 Å². The first kappa shape index (κ1) is 16.1. The standard InChI is InChI=1S/C20H24N4O/c1-14-22-18-17(7-10-21-20(18)25)19(23-14)24-11-8-16(9-12-24)13-15-5-3-2-4-6-15/h2-6,16H,7-13H2,1H3,(H,21,25). The first-order valence-electron chi connectivity index (χ1n) is 9.15. The Hall–Kier alpha value is -2.43. The molecule has 1 fully saturated rings. The predicted molar refractivity (Wildman–Crippen MR) is 97.9 cm³/mol. The van der Waals surface area contributed by atoms with E-state index in [2.05, 4.69) is 50.5 Å². The third-order valence-electron chi connectivity index (χ3n) is 5.25. The molecule has 0 spiro atoms. The van der Waals surface area contributed by atoms with E-state index < -0.39 is 0 Å². The molecule has 1 aromatic heterocycles. The van der Waals surface area contributed by atoms with Crippen molar-refractivity contribution in [2.45, 2.75) is 32.6 Å². The number of anilines is 1. The maximum Gasteiger partial charge on any atom is 0.270 e. The number of aromatic nitrogens is 2. The van der Waals surface area contributed by atoms with Gasteiger partial charge in [0.25, 0.3) is 5.91 Å². The van der Waals surface area contributed by atoms with Gasteiger partial charge in [-0.3, -0.25) is 4.79 Å². The molecule has 130 valence electrons. The number of benzene rings is 1. The number of nitrogens with one attached hydrogen (secondary N) is 1. The zero-order valence-electron chi connectivity index (χ0n) is 14.7. The van der Waals surface area contributed by atoms with Crippen LogP contribution in [0.4, 0.5) is 5.82 Å². The molecule has 0 unspecified atom stereocenters. The van der Waals surface area contributed by atoms with Gasteiger partial charge in [-0.2, -0.15) is 0 Å². The summed E-state index contributed by atoms with van der Waals surface area (Å²) in [5.41, 5.74) is 3.02. The second kappa shape index (κ2) is 6.82. The summed E-state index contributed by atoms with van der Waals surface area (Å²) in [6.45, 7) is 4.55. The average molecular weight is 336 g/mol. The van der Waals surface area contributed by atoms with Crippen LogP contribution in [0.25, 0.3) is 0 Å². The quantitative estimate of drug-likeness (QED) is 0.936. The van der Waals surface area contributed by atoms with E-state index in [9.17, 15) is 4.79 Å². The van der Waals surface area contributed by atoms with Gasteiger partial charge in [-0.1, -0.05) is 30.3 Å². The van der Waals surface area contributed by atoms with Gasteiger partial charge in [-0.25, -0.2) is 9.97 Å². The first-order chi connectivity index (χ1) is 12.2. The minimum Gasteiger partial charge on any atom is -0.356 e. The zero-order valence-corrected chi connectivity index (χ0v) is 14.7. The number of aryl methyl sites for hydroxylation is 1. The Kier molecular flexibility index (Phi) is 4.38. The molecule has 1 N–H and O–H groups in total. The number of carbonyl (C=O) groups excluding carboxylic acids is 1. The monoisotopic (exact) mass is 336 g/mol. The van der Waals surface area contributed by atoms with Crippen molar-refractivity contribution >= 4 is 11.7 Å². The highest BCUT2D eigenvalue weighted by Crippen LogP contribution is 2.29.